The van der Waals surface area contributed by atoms with Crippen LogP contribution in [-0.2, 0) is 30.6 Å². The summed E-state index contributed by atoms with van der Waals surface area (Å²) in [5.41, 5.74) is 4.60. The van der Waals surface area contributed by atoms with Crippen molar-refractivity contribution in [2.75, 3.05) is 12.3 Å². The van der Waals surface area contributed by atoms with Gasteiger partial charge in [-0.05, 0) is 23.3 Å². The molecule has 0 spiro atoms. The second-order valence-corrected chi connectivity index (χ2v) is 9.23. The van der Waals surface area contributed by atoms with Gasteiger partial charge in [0.2, 0.25) is 17.7 Å². The third-order valence-electron chi connectivity index (χ3n) is 5.06. The molecule has 0 saturated carbocycles. The first-order chi connectivity index (χ1) is 14.2. The molecule has 1 atom stereocenters. The zero-order valence-corrected chi connectivity index (χ0v) is 16.8. The first-order valence-electron chi connectivity index (χ1n) is 9.05. The molecule has 0 aromatic heterocycles. The Morgan fingerprint density at radius 1 is 1.10 bits per heavy atom. The van der Waals surface area contributed by atoms with Crippen LogP contribution in [-0.4, -0.2) is 43.3 Å². The van der Waals surface area contributed by atoms with Crippen molar-refractivity contribution >= 4 is 27.6 Å². The maximum absolute atomic E-state index is 13.2. The van der Waals surface area contributed by atoms with E-state index in [9.17, 15) is 22.8 Å². The minimum atomic E-state index is -3.82. The molecule has 0 radical (unpaired) electrons. The Labute approximate surface area is 173 Å². The van der Waals surface area contributed by atoms with Crippen LogP contribution in [0.2, 0.25) is 0 Å². The van der Waals surface area contributed by atoms with Crippen molar-refractivity contribution in [3.8, 4) is 6.07 Å². The summed E-state index contributed by atoms with van der Waals surface area (Å²) in [7, 11) is -3.82. The van der Waals surface area contributed by atoms with Crippen molar-refractivity contribution in [3.05, 3.63) is 71.3 Å². The van der Waals surface area contributed by atoms with E-state index in [0.717, 1.165) is 4.90 Å². The first-order valence-corrected chi connectivity index (χ1v) is 10.9. The number of nitrogens with two attached hydrogens (primary N) is 1. The van der Waals surface area contributed by atoms with Gasteiger partial charge in [0, 0.05) is 12.0 Å². The van der Waals surface area contributed by atoms with E-state index in [4.69, 9.17) is 11.0 Å². The predicted octanol–water partition coefficient (Wildman–Crippen LogP) is 0.921. The largest absolute Gasteiger partial charge is 0.366 e. The van der Waals surface area contributed by atoms with Crippen molar-refractivity contribution in [1.29, 1.82) is 5.26 Å². The van der Waals surface area contributed by atoms with Gasteiger partial charge in [0.1, 0.15) is 6.54 Å². The van der Waals surface area contributed by atoms with Gasteiger partial charge in [0.05, 0.1) is 23.0 Å². The maximum atomic E-state index is 13.2. The number of likely N-dealkylation sites (tertiary alicyclic amines) is 1. The average molecular weight is 425 g/mol. The normalized spacial score (nSPS) is 19.0. The van der Waals surface area contributed by atoms with E-state index in [2.05, 4.69) is 0 Å². The molecule has 0 aliphatic carbocycles. The number of hydrogen-bond donors (Lipinski definition) is 1. The number of carbonyl (C=O) groups excluding carboxylic acids is 3. The topological polar surface area (TPSA) is 138 Å². The number of carbonyl (C=O) groups is 3. The lowest BCUT2D eigenvalue weighted by atomic mass is 9.80. The van der Waals surface area contributed by atoms with E-state index in [1.165, 1.54) is 24.3 Å². The van der Waals surface area contributed by atoms with Crippen molar-refractivity contribution in [2.45, 2.75) is 17.6 Å². The summed E-state index contributed by atoms with van der Waals surface area (Å²) in [6.45, 7) is -0.461. The molecule has 8 nitrogen and oxygen atoms in total. The number of sulfone groups is 1. The summed E-state index contributed by atoms with van der Waals surface area (Å²) in [5.74, 6) is -2.92. The van der Waals surface area contributed by atoms with Crippen LogP contribution < -0.4 is 5.73 Å². The molecule has 3 amide bonds. The van der Waals surface area contributed by atoms with Crippen LogP contribution in [0, 0.1) is 11.3 Å². The molecule has 154 valence electrons. The lowest BCUT2D eigenvalue weighted by molar-refractivity contribution is -0.138. The van der Waals surface area contributed by atoms with E-state index in [1.807, 2.05) is 0 Å². The molecule has 3 rings (SSSR count). The zero-order chi connectivity index (χ0) is 21.9. The molecule has 30 heavy (non-hydrogen) atoms. The molecule has 9 heteroatoms. The van der Waals surface area contributed by atoms with Crippen LogP contribution in [0.3, 0.4) is 0 Å². The van der Waals surface area contributed by atoms with Crippen molar-refractivity contribution in [3.63, 3.8) is 0 Å². The SMILES string of the molecule is N#CCN1C(=O)CC(CS(=O)(=O)Cc2ccccc2)(c2ccc(C(N)=O)cc2)C1=O. The van der Waals surface area contributed by atoms with Crippen molar-refractivity contribution < 1.29 is 22.8 Å². The monoisotopic (exact) mass is 425 g/mol. The second kappa shape index (κ2) is 8.08. The Morgan fingerprint density at radius 3 is 2.30 bits per heavy atom. The molecule has 1 aliphatic rings. The van der Waals surface area contributed by atoms with Gasteiger partial charge in [-0.1, -0.05) is 42.5 Å². The second-order valence-electron chi connectivity index (χ2n) is 7.16. The molecule has 2 aromatic rings. The molecular formula is C21H19N3O5S. The molecule has 1 unspecified atom stereocenters. The summed E-state index contributed by atoms with van der Waals surface area (Å²) in [6, 6.07) is 15.9. The minimum absolute atomic E-state index is 0.187. The van der Waals surface area contributed by atoms with Gasteiger partial charge in [0.15, 0.2) is 9.84 Å². The highest BCUT2D eigenvalue weighted by molar-refractivity contribution is 7.90. The number of nitriles is 1. The Kier molecular flexibility index (Phi) is 5.71. The van der Waals surface area contributed by atoms with E-state index in [0.29, 0.717) is 5.56 Å². The van der Waals surface area contributed by atoms with Crippen LogP contribution in [0.4, 0.5) is 0 Å². The zero-order valence-electron chi connectivity index (χ0n) is 15.9. The summed E-state index contributed by atoms with van der Waals surface area (Å²) in [6.07, 6.45) is -0.378. The Bertz CT molecular complexity index is 1140. The van der Waals surface area contributed by atoms with E-state index < -0.39 is 45.3 Å². The number of hydrogen-bond acceptors (Lipinski definition) is 6. The standard InChI is InChI=1S/C21H19N3O5S/c22-10-11-24-18(25)12-21(20(24)27,17-8-6-16(7-9-17)19(23)26)14-30(28,29)13-15-4-2-1-3-5-15/h1-9H,11-14H2,(H2,23,26). The lowest BCUT2D eigenvalue weighted by Gasteiger charge is -2.27. The van der Waals surface area contributed by atoms with Crippen LogP contribution in [0.15, 0.2) is 54.6 Å². The number of benzene rings is 2. The highest BCUT2D eigenvalue weighted by atomic mass is 32.2. The Balaban J connectivity index is 2.04. The van der Waals surface area contributed by atoms with Crippen LogP contribution in [0.1, 0.15) is 27.9 Å². The quantitative estimate of drug-likeness (QED) is 0.517. The van der Waals surface area contributed by atoms with Crippen molar-refractivity contribution in [2.24, 2.45) is 5.73 Å². The summed E-state index contributed by atoms with van der Waals surface area (Å²) < 4.78 is 26.0. The minimum Gasteiger partial charge on any atom is -0.366 e. The smallest absolute Gasteiger partial charge is 0.248 e. The molecule has 1 fully saturated rings. The Morgan fingerprint density at radius 2 is 1.73 bits per heavy atom. The highest BCUT2D eigenvalue weighted by Gasteiger charge is 2.54. The van der Waals surface area contributed by atoms with Crippen LogP contribution in [0.5, 0.6) is 0 Å². The predicted molar refractivity (Wildman–Crippen MR) is 108 cm³/mol. The third-order valence-corrected chi connectivity index (χ3v) is 6.76. The lowest BCUT2D eigenvalue weighted by Crippen LogP contribution is -2.43. The summed E-state index contributed by atoms with van der Waals surface area (Å²) in [4.78, 5) is 37.8. The average Bonchev–Trinajstić information content (AvgIpc) is 2.93. The summed E-state index contributed by atoms with van der Waals surface area (Å²) >= 11 is 0. The van der Waals surface area contributed by atoms with Gasteiger partial charge in [-0.2, -0.15) is 5.26 Å². The Hall–Kier alpha value is -3.51. The van der Waals surface area contributed by atoms with Gasteiger partial charge >= 0.3 is 0 Å². The fourth-order valence-electron chi connectivity index (χ4n) is 3.66. The number of rotatable bonds is 7. The summed E-state index contributed by atoms with van der Waals surface area (Å²) in [5, 5.41) is 8.96. The fraction of sp³-hybridized carbons (Fsp3) is 0.238. The van der Waals surface area contributed by atoms with Crippen LogP contribution >= 0.6 is 0 Å². The number of primary amides is 1. The molecule has 0 bridgehead atoms. The van der Waals surface area contributed by atoms with Crippen LogP contribution in [0.25, 0.3) is 0 Å². The maximum Gasteiger partial charge on any atom is 0.248 e. The van der Waals surface area contributed by atoms with E-state index >= 15 is 0 Å². The molecule has 1 saturated heterocycles. The molecule has 2 N–H and O–H groups in total. The van der Waals surface area contributed by atoms with Gasteiger partial charge in [-0.15, -0.1) is 0 Å². The molecular weight excluding hydrogens is 406 g/mol. The third kappa shape index (κ3) is 4.09. The van der Waals surface area contributed by atoms with Crippen molar-refractivity contribution in [1.82, 2.24) is 4.90 Å². The number of imide groups is 1. The fourth-order valence-corrected chi connectivity index (χ4v) is 5.61. The highest BCUT2D eigenvalue weighted by Crippen LogP contribution is 2.38. The van der Waals surface area contributed by atoms with Gasteiger partial charge in [-0.25, -0.2) is 8.42 Å². The number of nitrogens with zero attached hydrogens (tertiary/aromatic N) is 2. The molecule has 1 aliphatic heterocycles. The first kappa shape index (κ1) is 21.2. The molecule has 2 aromatic carbocycles. The van der Waals surface area contributed by atoms with Gasteiger partial charge < -0.3 is 5.73 Å². The van der Waals surface area contributed by atoms with E-state index in [1.54, 1.807) is 36.4 Å². The number of amides is 3. The molecule has 1 heterocycles. The van der Waals surface area contributed by atoms with Gasteiger partial charge in [-0.3, -0.25) is 19.3 Å². The van der Waals surface area contributed by atoms with Gasteiger partial charge in [0.25, 0.3) is 0 Å². The van der Waals surface area contributed by atoms with E-state index in [-0.39, 0.29) is 23.3 Å².